The maximum Gasteiger partial charge on any atom is 0.280 e. The van der Waals surface area contributed by atoms with E-state index in [4.69, 9.17) is 0 Å². The van der Waals surface area contributed by atoms with Gasteiger partial charge in [0, 0.05) is 35.8 Å². The molecule has 0 saturated carbocycles. The van der Waals surface area contributed by atoms with Crippen LogP contribution in [0.2, 0.25) is 0 Å². The number of hydrogen-bond acceptors (Lipinski definition) is 6. The molecule has 1 amide bonds. The molecule has 2 heterocycles. The number of nitro groups is 1. The largest absolute Gasteiger partial charge is 0.294 e. The third kappa shape index (κ3) is 4.32. The molecule has 2 N–H and O–H groups in total. The van der Waals surface area contributed by atoms with Crippen molar-refractivity contribution >= 4 is 17.3 Å². The van der Waals surface area contributed by atoms with Crippen LogP contribution in [0.15, 0.2) is 58.7 Å². The Morgan fingerprint density at radius 3 is 2.50 bits per heavy atom. The first-order valence-electron chi connectivity index (χ1n) is 9.26. The number of nitrogens with one attached hydrogen (secondary N) is 2. The lowest BCUT2D eigenvalue weighted by atomic mass is 10.1. The number of aromatic nitrogens is 3. The summed E-state index contributed by atoms with van der Waals surface area (Å²) in [5.41, 5.74) is 4.25. The van der Waals surface area contributed by atoms with Crippen LogP contribution < -0.4 is 11.0 Å². The fourth-order valence-corrected chi connectivity index (χ4v) is 2.95. The highest BCUT2D eigenvalue weighted by atomic mass is 16.6. The summed E-state index contributed by atoms with van der Waals surface area (Å²) in [4.78, 5) is 39.4. The van der Waals surface area contributed by atoms with Crippen molar-refractivity contribution in [3.8, 4) is 5.69 Å². The van der Waals surface area contributed by atoms with Crippen molar-refractivity contribution in [3.63, 3.8) is 0 Å². The Balaban J connectivity index is 1.94. The van der Waals surface area contributed by atoms with Crippen LogP contribution in [-0.2, 0) is 6.42 Å². The fourth-order valence-electron chi connectivity index (χ4n) is 2.95. The molecule has 0 spiro atoms. The van der Waals surface area contributed by atoms with Crippen LogP contribution in [0.5, 0.6) is 0 Å². The van der Waals surface area contributed by atoms with Crippen molar-refractivity contribution in [2.24, 2.45) is 5.10 Å². The number of non-ortho nitro benzene ring substituents is 1. The molecule has 3 rings (SSSR count). The molecule has 0 aliphatic rings. The van der Waals surface area contributed by atoms with E-state index < -0.39 is 10.8 Å². The molecule has 10 nitrogen and oxygen atoms in total. The van der Waals surface area contributed by atoms with Crippen molar-refractivity contribution in [1.82, 2.24) is 20.2 Å². The molecular formula is C20H20N6O4. The van der Waals surface area contributed by atoms with Gasteiger partial charge in [-0.05, 0) is 37.6 Å². The number of aromatic amines is 1. The van der Waals surface area contributed by atoms with Crippen LogP contribution in [0.3, 0.4) is 0 Å². The molecule has 0 saturated heterocycles. The third-order valence-electron chi connectivity index (χ3n) is 4.41. The average Bonchev–Trinajstić information content (AvgIpc) is 3.08. The Kier molecular flexibility index (Phi) is 6.16. The van der Waals surface area contributed by atoms with E-state index >= 15 is 0 Å². The van der Waals surface area contributed by atoms with Gasteiger partial charge in [-0.25, -0.2) is 10.1 Å². The molecule has 0 atom stereocenters. The zero-order chi connectivity index (χ0) is 21.7. The summed E-state index contributed by atoms with van der Waals surface area (Å²) in [6.45, 7) is 3.61. The summed E-state index contributed by atoms with van der Waals surface area (Å²) in [5, 5.41) is 18.0. The summed E-state index contributed by atoms with van der Waals surface area (Å²) in [6, 6.07) is 8.76. The standard InChI is InChI=1S/C20H20N6O4/c1-3-4-17-18(13(2)22-23-19(27)14-9-11-21-12-10-14)20(28)25(24-17)15-5-7-16(8-6-15)26(29)30/h5-12,24H,3-4H2,1-2H3,(H,23,27). The van der Waals surface area contributed by atoms with Crippen LogP contribution in [0.4, 0.5) is 5.69 Å². The van der Waals surface area contributed by atoms with Gasteiger partial charge in [0.1, 0.15) is 0 Å². The second-order valence-corrected chi connectivity index (χ2v) is 6.50. The zero-order valence-electron chi connectivity index (χ0n) is 16.5. The van der Waals surface area contributed by atoms with Crippen molar-refractivity contribution in [2.45, 2.75) is 26.7 Å². The zero-order valence-corrected chi connectivity index (χ0v) is 16.5. The second kappa shape index (κ2) is 8.95. The predicted octanol–water partition coefficient (Wildman–Crippen LogP) is 2.58. The lowest BCUT2D eigenvalue weighted by Crippen LogP contribution is -2.23. The van der Waals surface area contributed by atoms with Gasteiger partial charge in [0.15, 0.2) is 0 Å². The van der Waals surface area contributed by atoms with Gasteiger partial charge in [0.25, 0.3) is 17.2 Å². The van der Waals surface area contributed by atoms with Gasteiger partial charge in [0.2, 0.25) is 0 Å². The van der Waals surface area contributed by atoms with Gasteiger partial charge in [-0.15, -0.1) is 0 Å². The molecule has 3 aromatic rings. The molecule has 0 radical (unpaired) electrons. The first-order chi connectivity index (χ1) is 14.4. The van der Waals surface area contributed by atoms with Gasteiger partial charge < -0.3 is 0 Å². The summed E-state index contributed by atoms with van der Waals surface area (Å²) in [5.74, 6) is -0.417. The maximum atomic E-state index is 13.0. The smallest absolute Gasteiger partial charge is 0.280 e. The van der Waals surface area contributed by atoms with Crippen molar-refractivity contribution in [2.75, 3.05) is 0 Å². The minimum atomic E-state index is -0.502. The molecule has 1 aromatic carbocycles. The average molecular weight is 408 g/mol. The molecule has 154 valence electrons. The Morgan fingerprint density at radius 2 is 1.90 bits per heavy atom. The SMILES string of the molecule is CCCc1[nH]n(-c2ccc([N+](=O)[O-])cc2)c(=O)c1C(C)=NNC(=O)c1ccncc1. The number of hydrogen-bond donors (Lipinski definition) is 2. The quantitative estimate of drug-likeness (QED) is 0.352. The summed E-state index contributed by atoms with van der Waals surface area (Å²) >= 11 is 0. The number of H-pyrrole nitrogens is 1. The lowest BCUT2D eigenvalue weighted by Gasteiger charge is -2.02. The Morgan fingerprint density at radius 1 is 1.23 bits per heavy atom. The van der Waals surface area contributed by atoms with E-state index in [1.54, 1.807) is 19.1 Å². The highest BCUT2D eigenvalue weighted by Gasteiger charge is 2.18. The van der Waals surface area contributed by atoms with E-state index in [0.717, 1.165) is 6.42 Å². The number of nitrogens with zero attached hydrogens (tertiary/aromatic N) is 4. The van der Waals surface area contributed by atoms with E-state index in [2.05, 4.69) is 20.6 Å². The third-order valence-corrected chi connectivity index (χ3v) is 4.41. The van der Waals surface area contributed by atoms with Crippen molar-refractivity contribution in [3.05, 3.63) is 86.1 Å². The summed E-state index contributed by atoms with van der Waals surface area (Å²) < 4.78 is 1.31. The second-order valence-electron chi connectivity index (χ2n) is 6.50. The number of carbonyl (C=O) groups is 1. The normalized spacial score (nSPS) is 11.3. The first-order valence-corrected chi connectivity index (χ1v) is 9.26. The molecule has 0 unspecified atom stereocenters. The molecule has 0 aliphatic carbocycles. The Hall–Kier alpha value is -4.08. The number of rotatable bonds is 7. The number of pyridine rings is 1. The molecule has 0 aliphatic heterocycles. The van der Waals surface area contributed by atoms with Gasteiger partial charge in [0.05, 0.1) is 21.9 Å². The number of nitro benzene ring substituents is 1. The van der Waals surface area contributed by atoms with Crippen LogP contribution >= 0.6 is 0 Å². The predicted molar refractivity (Wildman–Crippen MR) is 111 cm³/mol. The van der Waals surface area contributed by atoms with E-state index in [0.29, 0.717) is 34.6 Å². The van der Waals surface area contributed by atoms with E-state index in [1.807, 2.05) is 6.92 Å². The number of amides is 1. The highest BCUT2D eigenvalue weighted by Crippen LogP contribution is 2.15. The van der Waals surface area contributed by atoms with Crippen LogP contribution in [0, 0.1) is 10.1 Å². The van der Waals surface area contributed by atoms with Gasteiger partial charge >= 0.3 is 0 Å². The van der Waals surface area contributed by atoms with E-state index in [-0.39, 0.29) is 11.2 Å². The maximum absolute atomic E-state index is 13.0. The minimum Gasteiger partial charge on any atom is -0.294 e. The van der Waals surface area contributed by atoms with Gasteiger partial charge in [-0.3, -0.25) is 29.8 Å². The number of aryl methyl sites for hydroxylation is 1. The van der Waals surface area contributed by atoms with Gasteiger partial charge in [-0.2, -0.15) is 5.10 Å². The van der Waals surface area contributed by atoms with Gasteiger partial charge in [-0.1, -0.05) is 13.3 Å². The lowest BCUT2D eigenvalue weighted by molar-refractivity contribution is -0.384. The molecule has 10 heteroatoms. The van der Waals surface area contributed by atoms with E-state index in [9.17, 15) is 19.7 Å². The summed E-state index contributed by atoms with van der Waals surface area (Å²) in [7, 11) is 0. The topological polar surface area (TPSA) is 135 Å². The summed E-state index contributed by atoms with van der Waals surface area (Å²) in [6.07, 6.45) is 4.37. The first kappa shape index (κ1) is 20.6. The highest BCUT2D eigenvalue weighted by molar-refractivity contribution is 6.01. The minimum absolute atomic E-state index is 0.0658. The van der Waals surface area contributed by atoms with E-state index in [1.165, 1.54) is 41.3 Å². The van der Waals surface area contributed by atoms with Crippen molar-refractivity contribution < 1.29 is 9.72 Å². The molecule has 0 fully saturated rings. The Bertz CT molecular complexity index is 1150. The molecule has 30 heavy (non-hydrogen) atoms. The Labute approximate surface area is 171 Å². The molecular weight excluding hydrogens is 388 g/mol. The monoisotopic (exact) mass is 408 g/mol. The number of benzene rings is 1. The molecule has 0 bridgehead atoms. The van der Waals surface area contributed by atoms with Crippen LogP contribution in [-0.4, -0.2) is 31.3 Å². The van der Waals surface area contributed by atoms with Crippen LogP contribution in [0.25, 0.3) is 5.69 Å². The van der Waals surface area contributed by atoms with Crippen LogP contribution in [0.1, 0.15) is 41.9 Å². The number of carbonyl (C=O) groups excluding carboxylic acids is 1. The fraction of sp³-hybridized carbons (Fsp3) is 0.200. The molecule has 2 aromatic heterocycles. The van der Waals surface area contributed by atoms with Crippen molar-refractivity contribution in [1.29, 1.82) is 0 Å². The number of hydrazone groups is 1.